The standard InChI is InChI=1S/C14H18ClNO3/c15-13-5-4-11(18)7-12(13)14(19)16-8-9-2-1-3-10(17)6-9/h4-5,7,9-10,17-18H,1-3,6,8H2,(H,16,19). The van der Waals surface area contributed by atoms with Crippen molar-refractivity contribution in [2.75, 3.05) is 6.54 Å². The van der Waals surface area contributed by atoms with E-state index in [1.54, 1.807) is 0 Å². The van der Waals surface area contributed by atoms with E-state index in [-0.39, 0.29) is 23.3 Å². The minimum Gasteiger partial charge on any atom is -0.508 e. The SMILES string of the molecule is O=C(NCC1CCCC(O)C1)c1cc(O)ccc1Cl. The third kappa shape index (κ3) is 3.85. The van der Waals surface area contributed by atoms with Gasteiger partial charge in [0.2, 0.25) is 0 Å². The minimum atomic E-state index is -0.291. The van der Waals surface area contributed by atoms with E-state index in [1.165, 1.54) is 18.2 Å². The van der Waals surface area contributed by atoms with Crippen LogP contribution in [0.4, 0.5) is 0 Å². The Morgan fingerprint density at radius 3 is 2.95 bits per heavy atom. The number of nitrogens with one attached hydrogen (secondary N) is 1. The number of carbonyl (C=O) groups is 1. The van der Waals surface area contributed by atoms with Gasteiger partial charge in [-0.05, 0) is 43.4 Å². The Bertz CT molecular complexity index is 464. The lowest BCUT2D eigenvalue weighted by atomic mass is 9.87. The van der Waals surface area contributed by atoms with Crippen LogP contribution in [0.3, 0.4) is 0 Å². The number of benzene rings is 1. The third-order valence-corrected chi connectivity index (χ3v) is 3.83. The Kier molecular flexibility index (Phi) is 4.66. The molecule has 2 atom stereocenters. The summed E-state index contributed by atoms with van der Waals surface area (Å²) in [5.74, 6) is 0.0346. The smallest absolute Gasteiger partial charge is 0.252 e. The van der Waals surface area contributed by atoms with Crippen LogP contribution in [-0.2, 0) is 0 Å². The van der Waals surface area contributed by atoms with Gasteiger partial charge in [-0.3, -0.25) is 4.79 Å². The van der Waals surface area contributed by atoms with E-state index in [2.05, 4.69) is 5.32 Å². The number of hydrogen-bond donors (Lipinski definition) is 3. The molecular weight excluding hydrogens is 266 g/mol. The van der Waals surface area contributed by atoms with Crippen LogP contribution in [0, 0.1) is 5.92 Å². The molecule has 4 nitrogen and oxygen atoms in total. The van der Waals surface area contributed by atoms with E-state index in [4.69, 9.17) is 11.6 Å². The third-order valence-electron chi connectivity index (χ3n) is 3.50. The summed E-state index contributed by atoms with van der Waals surface area (Å²) in [6.45, 7) is 0.530. The second kappa shape index (κ2) is 6.26. The van der Waals surface area contributed by atoms with Gasteiger partial charge in [0.1, 0.15) is 5.75 Å². The van der Waals surface area contributed by atoms with Crippen molar-refractivity contribution in [3.8, 4) is 5.75 Å². The number of amides is 1. The van der Waals surface area contributed by atoms with Gasteiger partial charge < -0.3 is 15.5 Å². The number of phenolic OH excluding ortho intramolecular Hbond substituents is 1. The van der Waals surface area contributed by atoms with Crippen LogP contribution >= 0.6 is 11.6 Å². The predicted molar refractivity (Wildman–Crippen MR) is 73.4 cm³/mol. The van der Waals surface area contributed by atoms with Crippen molar-refractivity contribution in [2.24, 2.45) is 5.92 Å². The molecule has 1 aliphatic carbocycles. The molecular formula is C14H18ClNO3. The number of aromatic hydroxyl groups is 1. The fourth-order valence-corrected chi connectivity index (χ4v) is 2.67. The first-order valence-electron chi connectivity index (χ1n) is 6.51. The van der Waals surface area contributed by atoms with Crippen molar-refractivity contribution in [1.82, 2.24) is 5.32 Å². The zero-order valence-corrected chi connectivity index (χ0v) is 11.4. The highest BCUT2D eigenvalue weighted by molar-refractivity contribution is 6.33. The lowest BCUT2D eigenvalue weighted by Crippen LogP contribution is -2.33. The van der Waals surface area contributed by atoms with Crippen LogP contribution in [0.25, 0.3) is 0 Å². The molecule has 2 unspecified atom stereocenters. The van der Waals surface area contributed by atoms with Gasteiger partial charge in [-0.25, -0.2) is 0 Å². The fourth-order valence-electron chi connectivity index (χ4n) is 2.47. The summed E-state index contributed by atoms with van der Waals surface area (Å²) in [7, 11) is 0. The summed E-state index contributed by atoms with van der Waals surface area (Å²) in [4.78, 5) is 12.0. The topological polar surface area (TPSA) is 69.6 Å². The summed E-state index contributed by atoms with van der Waals surface area (Å²) in [6.07, 6.45) is 3.34. The maximum Gasteiger partial charge on any atom is 0.252 e. The van der Waals surface area contributed by atoms with Crippen molar-refractivity contribution < 1.29 is 15.0 Å². The van der Waals surface area contributed by atoms with Gasteiger partial charge in [-0.15, -0.1) is 0 Å². The zero-order chi connectivity index (χ0) is 13.8. The molecule has 3 N–H and O–H groups in total. The van der Waals surface area contributed by atoms with Crippen molar-refractivity contribution in [2.45, 2.75) is 31.8 Å². The Balaban J connectivity index is 1.92. The van der Waals surface area contributed by atoms with Crippen molar-refractivity contribution >= 4 is 17.5 Å². The lowest BCUT2D eigenvalue weighted by molar-refractivity contribution is 0.0873. The average molecular weight is 284 g/mol. The van der Waals surface area contributed by atoms with Crippen molar-refractivity contribution in [3.05, 3.63) is 28.8 Å². The molecule has 0 bridgehead atoms. The summed E-state index contributed by atoms with van der Waals surface area (Å²) < 4.78 is 0. The first-order valence-corrected chi connectivity index (χ1v) is 6.89. The highest BCUT2D eigenvalue weighted by Crippen LogP contribution is 2.24. The second-order valence-electron chi connectivity index (χ2n) is 5.06. The molecule has 5 heteroatoms. The number of phenols is 1. The second-order valence-corrected chi connectivity index (χ2v) is 5.47. The molecule has 104 valence electrons. The predicted octanol–water partition coefficient (Wildman–Crippen LogP) is 2.33. The Morgan fingerprint density at radius 1 is 1.42 bits per heavy atom. The van der Waals surface area contributed by atoms with Crippen molar-refractivity contribution in [3.63, 3.8) is 0 Å². The summed E-state index contributed by atoms with van der Waals surface area (Å²) in [5, 5.41) is 22.1. The maximum absolute atomic E-state index is 12.0. The van der Waals surface area contributed by atoms with Gasteiger partial charge in [0.25, 0.3) is 5.91 Å². The molecule has 1 aromatic carbocycles. The summed E-state index contributed by atoms with van der Waals surface area (Å²) in [6, 6.07) is 4.29. The van der Waals surface area contributed by atoms with Gasteiger partial charge in [-0.2, -0.15) is 0 Å². The Hall–Kier alpha value is -1.26. The van der Waals surface area contributed by atoms with E-state index >= 15 is 0 Å². The quantitative estimate of drug-likeness (QED) is 0.797. The maximum atomic E-state index is 12.0. The highest BCUT2D eigenvalue weighted by Gasteiger charge is 2.21. The number of carbonyl (C=O) groups excluding carboxylic acids is 1. The molecule has 0 heterocycles. The van der Waals surface area contributed by atoms with Gasteiger partial charge in [0.15, 0.2) is 0 Å². The largest absolute Gasteiger partial charge is 0.508 e. The molecule has 1 aromatic rings. The number of aliphatic hydroxyl groups excluding tert-OH is 1. The summed E-state index contributed by atoms with van der Waals surface area (Å²) >= 11 is 5.92. The first kappa shape index (κ1) is 14.2. The van der Waals surface area contributed by atoms with Gasteiger partial charge >= 0.3 is 0 Å². The lowest BCUT2D eigenvalue weighted by Gasteiger charge is -2.25. The van der Waals surface area contributed by atoms with Gasteiger partial charge in [-0.1, -0.05) is 18.0 Å². The molecule has 0 spiro atoms. The molecule has 0 aromatic heterocycles. The molecule has 1 amide bonds. The summed E-state index contributed by atoms with van der Waals surface area (Å²) in [5.41, 5.74) is 0.276. The van der Waals surface area contributed by atoms with Crippen molar-refractivity contribution in [1.29, 1.82) is 0 Å². The molecule has 0 radical (unpaired) electrons. The number of aliphatic hydroxyl groups is 1. The first-order chi connectivity index (χ1) is 9.06. The van der Waals surface area contributed by atoms with Crippen LogP contribution in [0.2, 0.25) is 5.02 Å². The van der Waals surface area contributed by atoms with E-state index in [0.29, 0.717) is 17.5 Å². The van der Waals surface area contributed by atoms with Crippen LogP contribution in [-0.4, -0.2) is 28.8 Å². The monoisotopic (exact) mass is 283 g/mol. The van der Waals surface area contributed by atoms with Crippen LogP contribution in [0.1, 0.15) is 36.0 Å². The molecule has 1 fully saturated rings. The Labute approximate surface area is 117 Å². The van der Waals surface area contributed by atoms with E-state index in [0.717, 1.165) is 25.7 Å². The molecule has 0 saturated heterocycles. The minimum absolute atomic E-state index is 0.0163. The number of rotatable bonds is 3. The van der Waals surface area contributed by atoms with E-state index in [9.17, 15) is 15.0 Å². The Morgan fingerprint density at radius 2 is 2.21 bits per heavy atom. The molecule has 19 heavy (non-hydrogen) atoms. The van der Waals surface area contributed by atoms with E-state index in [1.807, 2.05) is 0 Å². The van der Waals surface area contributed by atoms with Gasteiger partial charge in [0.05, 0.1) is 16.7 Å². The van der Waals surface area contributed by atoms with Crippen LogP contribution in [0.5, 0.6) is 5.75 Å². The highest BCUT2D eigenvalue weighted by atomic mass is 35.5. The zero-order valence-electron chi connectivity index (χ0n) is 10.6. The molecule has 2 rings (SSSR count). The molecule has 1 aliphatic rings. The average Bonchev–Trinajstić information content (AvgIpc) is 2.39. The number of halogens is 1. The fraction of sp³-hybridized carbons (Fsp3) is 0.500. The molecule has 0 aliphatic heterocycles. The van der Waals surface area contributed by atoms with Crippen LogP contribution < -0.4 is 5.32 Å². The van der Waals surface area contributed by atoms with Gasteiger partial charge in [0, 0.05) is 6.54 Å². The van der Waals surface area contributed by atoms with Crippen LogP contribution in [0.15, 0.2) is 18.2 Å². The molecule has 1 saturated carbocycles. The van der Waals surface area contributed by atoms with E-state index < -0.39 is 0 Å². The number of hydrogen-bond acceptors (Lipinski definition) is 3. The normalized spacial score (nSPS) is 23.1.